The molecule has 4 aromatic carbocycles. The van der Waals surface area contributed by atoms with Crippen molar-refractivity contribution >= 4 is 70.8 Å². The van der Waals surface area contributed by atoms with Crippen LogP contribution in [-0.2, 0) is 106 Å². The molecule has 0 aliphatic carbocycles. The number of alkyl halides is 13. The van der Waals surface area contributed by atoms with E-state index in [1.54, 1.807) is 95.9 Å². The first-order chi connectivity index (χ1) is 68.4. The van der Waals surface area contributed by atoms with E-state index in [2.05, 4.69) is 122 Å². The van der Waals surface area contributed by atoms with Crippen LogP contribution in [0.4, 0.5) is 80.3 Å². The van der Waals surface area contributed by atoms with Crippen LogP contribution in [0.3, 0.4) is 0 Å². The number of nitrogen functional groups attached to an aromatic ring is 1. The van der Waals surface area contributed by atoms with Crippen molar-refractivity contribution < 1.29 is 135 Å². The van der Waals surface area contributed by atoms with Crippen molar-refractivity contribution in [3.8, 4) is 23.0 Å². The van der Waals surface area contributed by atoms with Crippen molar-refractivity contribution in [3.05, 3.63) is 238 Å². The van der Waals surface area contributed by atoms with Crippen LogP contribution in [0.25, 0.3) is 0 Å². The number of aryl methyl sites for hydroxylation is 8. The van der Waals surface area contributed by atoms with E-state index in [-0.39, 0.29) is 77.4 Å². The molecule has 0 unspecified atom stereocenters. The number of nitrogens with zero attached hydrogens (tertiary/aromatic N) is 20. The van der Waals surface area contributed by atoms with Gasteiger partial charge in [-0.2, -0.15) is 20.4 Å². The smallest absolute Gasteiger partial charge is 0.481 e. The fourth-order valence-corrected chi connectivity index (χ4v) is 12.0. The first-order valence-corrected chi connectivity index (χ1v) is 43.3. The molecule has 12 aromatic rings. The summed E-state index contributed by atoms with van der Waals surface area (Å²) in [6.45, 7) is 13.1. The van der Waals surface area contributed by atoms with Gasteiger partial charge in [0.2, 0.25) is 17.7 Å². The van der Waals surface area contributed by atoms with E-state index in [1.807, 2.05) is 26.8 Å². The van der Waals surface area contributed by atoms with Gasteiger partial charge in [0.05, 0.1) is 81.8 Å². The summed E-state index contributed by atoms with van der Waals surface area (Å²) in [5.41, 5.74) is 9.26. The van der Waals surface area contributed by atoms with Gasteiger partial charge in [0.15, 0.2) is 40.2 Å². The summed E-state index contributed by atoms with van der Waals surface area (Å²) >= 11 is 0. The number of nitrogens with two attached hydrogens (primary N) is 1. The number of aliphatic carboxylic acids is 1. The Balaban J connectivity index is 0.000000250. The first kappa shape index (κ1) is 113. The Hall–Kier alpha value is -16.4. The third-order valence-electron chi connectivity index (χ3n) is 18.0. The van der Waals surface area contributed by atoms with Crippen LogP contribution >= 0.6 is 0 Å². The summed E-state index contributed by atoms with van der Waals surface area (Å²) in [5, 5.41) is 89.9. The lowest BCUT2D eigenvalue weighted by Crippen LogP contribution is -2.24. The van der Waals surface area contributed by atoms with Crippen LogP contribution < -0.4 is 45.9 Å². The number of unbranched alkanes of at least 4 members (excludes halogenated alkanes) is 4. The standard InChI is InChI=1S/C24H27F3N6O4.C21H22F3N7O3.C20H19F3N6O4.C15H22N6O2.C9H7F3O3.CH3F/c1-23(2,3)37-22(35)19-15-33(32-30-19)12-5-4-8-17-10-11-20(31-29-17)28-21(34)14-16-7-6-9-18(13-16)36-24(25,26)27;1-25-20(33)17-13-31(30-28-17)10-3-2-6-15-8-9-18(29-27-15)26-19(32)12-14-5-4-7-16(11-14)34-21(22,23)24;21-20(22,23)33-15-6-3-4-13(10-15)11-18(30)24-17-8-7-14(25-27-17)5-1-2-9-29-12-16(19(31)32)26-28-29;1-15(2,3)23-14(22)12-10-21(20-18-12)9-5-4-6-11-7-8-13(16)19-17-11;10-9(11,12)15-7-3-1-2-6(4-7)5-8(13)14;1-2/h6-7,9-11,13,15H,4-5,8,12,14H2,1-3H3,(H,28,31,34);4-5,7-9,11,13H,2-3,6,10,12H2,1H3,(H,25,33)(H,26,29,32);3-4,6-8,10,12H,1-2,5,9,11H2,(H,31,32)(H,24,27,30);7-8,10H,4-6,9H2,1-3H3,(H2,16,19);1-4H,5H2,(H,13,14);1H3/i;;;;;1D. The maximum absolute atomic E-state index is 12.4. The van der Waals surface area contributed by atoms with Crippen LogP contribution in [0, 0.1) is 0 Å². The van der Waals surface area contributed by atoms with Gasteiger partial charge in [-0.1, -0.05) is 69.4 Å². The van der Waals surface area contributed by atoms with Gasteiger partial charge in [0, 0.05) is 33.2 Å². The number of carboxylic acids is 2. The molecule has 0 saturated heterocycles. The topological polar surface area (TPSA) is 532 Å². The molecule has 0 aliphatic rings. The Labute approximate surface area is 813 Å². The highest BCUT2D eigenvalue weighted by molar-refractivity contribution is 5.93. The molecule has 0 aliphatic heterocycles. The Morgan fingerprint density at radius 1 is 0.361 bits per heavy atom. The number of nitrogens with one attached hydrogen (secondary N) is 4. The summed E-state index contributed by atoms with van der Waals surface area (Å²) in [6.07, 6.45) is -4.74. The maximum atomic E-state index is 12.4. The van der Waals surface area contributed by atoms with Gasteiger partial charge in [0.1, 0.15) is 40.0 Å². The van der Waals surface area contributed by atoms with Gasteiger partial charge in [0.25, 0.3) is 5.91 Å². The van der Waals surface area contributed by atoms with Gasteiger partial charge < -0.3 is 65.6 Å². The van der Waals surface area contributed by atoms with E-state index in [4.69, 9.17) is 26.8 Å². The number of ether oxygens (including phenoxy) is 6. The molecule has 0 saturated carbocycles. The summed E-state index contributed by atoms with van der Waals surface area (Å²) in [7, 11) is 0.523. The lowest BCUT2D eigenvalue weighted by Gasteiger charge is -2.18. The molecule has 0 bridgehead atoms. The normalized spacial score (nSPS) is 11.3. The third-order valence-corrected chi connectivity index (χ3v) is 18.0. The molecule has 0 spiro atoms. The van der Waals surface area contributed by atoms with E-state index < -0.39 is 108 Å². The number of esters is 2. The molecule has 0 atom stereocenters. The zero-order chi connectivity index (χ0) is 107. The zero-order valence-electron chi connectivity index (χ0n) is 79.1. The minimum atomic E-state index is -4.81. The van der Waals surface area contributed by atoms with Crippen molar-refractivity contribution in [2.45, 2.75) is 207 Å². The van der Waals surface area contributed by atoms with E-state index in [1.165, 1.54) is 66.5 Å². The highest BCUT2D eigenvalue weighted by Gasteiger charge is 2.35. The Morgan fingerprint density at radius 2 is 0.632 bits per heavy atom. The highest BCUT2D eigenvalue weighted by atomic mass is 19.4. The van der Waals surface area contributed by atoms with Crippen LogP contribution in [0.5, 0.6) is 23.0 Å². The second kappa shape index (κ2) is 55.6. The van der Waals surface area contributed by atoms with Gasteiger partial charge >= 0.3 is 49.3 Å². The molecule has 41 nitrogen and oxygen atoms in total. The van der Waals surface area contributed by atoms with Gasteiger partial charge in [-0.05, 0) is 238 Å². The van der Waals surface area contributed by atoms with E-state index in [9.17, 15) is 95.4 Å². The summed E-state index contributed by atoms with van der Waals surface area (Å²) in [6, 6.07) is 34.1. The van der Waals surface area contributed by atoms with Crippen LogP contribution in [0.1, 0.15) is 181 Å². The Morgan fingerprint density at radius 3 is 0.882 bits per heavy atom. The molecule has 772 valence electrons. The SMILES string of the molecule is CC(C)(C)OC(=O)c1cn(CCCCc2ccc(N)nn2)nn1.CC(C)(C)OC(=O)c1cn(CCCCc2ccc(NC(=O)Cc3cccc(OC(F)(F)F)c3)nn2)nn1.CNC(=O)c1cn(CCCCc2ccc(NC(=O)Cc3cccc(OC(F)(F)F)c3)nn2)nn1.O=C(Cc1cccc(OC(F)(F)F)c1)Nc1ccc(CCCCn2cc(C(=O)O)nn2)nn1.O=C(O)Cc1cccc(OC(F)(F)F)c1.[2H]CF. The Kier molecular flexibility index (Phi) is 43.6. The second-order valence-corrected chi connectivity index (χ2v) is 32.4. The maximum Gasteiger partial charge on any atom is 0.573 e. The van der Waals surface area contributed by atoms with Crippen LogP contribution in [0.2, 0.25) is 0 Å². The van der Waals surface area contributed by atoms with Crippen LogP contribution in [0.15, 0.2) is 170 Å². The summed E-state index contributed by atoms with van der Waals surface area (Å²) < 4.78 is 194. The van der Waals surface area contributed by atoms with E-state index >= 15 is 0 Å². The van der Waals surface area contributed by atoms with Crippen molar-refractivity contribution in [2.75, 3.05) is 35.9 Å². The number of benzene rings is 4. The number of carbonyl (C=O) groups excluding carboxylic acids is 6. The number of carboxylic acid groups (broad SMARTS) is 2. The van der Waals surface area contributed by atoms with Crippen molar-refractivity contribution in [1.29, 1.82) is 0 Å². The predicted molar refractivity (Wildman–Crippen MR) is 483 cm³/mol. The molecular formula is C90H100F13N25O16. The average Bonchev–Trinajstić information content (AvgIpc) is 1.45. The van der Waals surface area contributed by atoms with E-state index in [0.717, 1.165) is 123 Å². The highest BCUT2D eigenvalue weighted by Crippen LogP contribution is 2.29. The molecule has 0 fully saturated rings. The summed E-state index contributed by atoms with van der Waals surface area (Å²) in [4.78, 5) is 93.0. The van der Waals surface area contributed by atoms with Gasteiger partial charge in [-0.3, -0.25) is 47.1 Å². The number of carbonyl (C=O) groups is 8. The van der Waals surface area contributed by atoms with Crippen molar-refractivity contribution in [3.63, 3.8) is 0 Å². The van der Waals surface area contributed by atoms with E-state index in [0.29, 0.717) is 73.6 Å². The largest absolute Gasteiger partial charge is 0.573 e. The lowest BCUT2D eigenvalue weighted by atomic mass is 10.1. The second-order valence-electron chi connectivity index (χ2n) is 32.4. The molecule has 8 aromatic heterocycles. The fraction of sp³-hybridized carbons (Fsp3) is 0.378. The number of rotatable bonds is 39. The number of hydrogen-bond donors (Lipinski definition) is 7. The van der Waals surface area contributed by atoms with Crippen molar-refractivity contribution in [2.24, 2.45) is 0 Å². The van der Waals surface area contributed by atoms with Crippen LogP contribution in [-0.4, -0.2) is 209 Å². The zero-order valence-corrected chi connectivity index (χ0v) is 78.1. The monoisotopic (exact) mass is 2030 g/mol. The molecule has 4 amide bonds. The molecule has 12 rings (SSSR count). The molecule has 54 heteroatoms. The number of aromatic nitrogens is 20. The van der Waals surface area contributed by atoms with Gasteiger partial charge in [-0.15, -0.1) is 93.5 Å². The van der Waals surface area contributed by atoms with Crippen molar-refractivity contribution in [1.82, 2.24) is 106 Å². The number of aromatic carboxylic acids is 1. The molecule has 8 N–H and O–H groups in total. The molecule has 8 heterocycles. The van der Waals surface area contributed by atoms with Gasteiger partial charge in [-0.25, -0.2) is 14.4 Å². The first-order valence-electron chi connectivity index (χ1n) is 44.0. The average molecular weight is 2040 g/mol. The molecule has 144 heavy (non-hydrogen) atoms. The fourth-order valence-electron chi connectivity index (χ4n) is 12.0. The number of hydrogen-bond acceptors (Lipinski definition) is 31. The number of amides is 4. The molecular weight excluding hydrogens is 1930 g/mol. The minimum absolute atomic E-state index is 0.110. The number of anilines is 4. The minimum Gasteiger partial charge on any atom is -0.481 e. The number of halogens is 13. The Bertz CT molecular complexity index is 6110. The predicted octanol–water partition coefficient (Wildman–Crippen LogP) is 14.0. The summed E-state index contributed by atoms with van der Waals surface area (Å²) in [5.74, 6) is -5.38. The quantitative estimate of drug-likeness (QED) is 0.0107. The molecule has 0 radical (unpaired) electrons. The lowest BCUT2D eigenvalue weighted by molar-refractivity contribution is -0.275. The third kappa shape index (κ3) is 47.0.